The predicted molar refractivity (Wildman–Crippen MR) is 69.8 cm³/mol. The zero-order chi connectivity index (χ0) is 14.2. The Kier molecular flexibility index (Phi) is 4.11. The standard InChI is InChI=1S/C12H7Cl2F3OS/c13-9-5-8(11(14)19-9)10(18)6-1-3-7(4-2-6)12(15,16)17/h1-5,10,18H. The van der Waals surface area contributed by atoms with Gasteiger partial charge in [-0.2, -0.15) is 13.2 Å². The van der Waals surface area contributed by atoms with E-state index in [0.29, 0.717) is 19.8 Å². The van der Waals surface area contributed by atoms with Gasteiger partial charge in [-0.15, -0.1) is 11.3 Å². The van der Waals surface area contributed by atoms with E-state index in [1.54, 1.807) is 0 Å². The van der Waals surface area contributed by atoms with Crippen LogP contribution in [0.4, 0.5) is 13.2 Å². The molecule has 1 heterocycles. The lowest BCUT2D eigenvalue weighted by molar-refractivity contribution is -0.137. The first-order valence-corrected chi connectivity index (χ1v) is 6.66. The van der Waals surface area contributed by atoms with Gasteiger partial charge >= 0.3 is 6.18 Å². The Hall–Kier alpha value is -0.750. The van der Waals surface area contributed by atoms with Crippen LogP contribution in [0.5, 0.6) is 0 Å². The van der Waals surface area contributed by atoms with Crippen molar-refractivity contribution in [2.75, 3.05) is 0 Å². The third-order valence-electron chi connectivity index (χ3n) is 2.53. The molecule has 1 aromatic carbocycles. The number of benzene rings is 1. The zero-order valence-corrected chi connectivity index (χ0v) is 11.5. The Labute approximate surface area is 121 Å². The number of aliphatic hydroxyl groups excluding tert-OH is 1. The highest BCUT2D eigenvalue weighted by atomic mass is 35.5. The SMILES string of the molecule is OC(c1ccc(C(F)(F)F)cc1)c1cc(Cl)sc1Cl. The second-order valence-electron chi connectivity index (χ2n) is 3.80. The molecule has 0 amide bonds. The summed E-state index contributed by atoms with van der Waals surface area (Å²) in [6, 6.07) is 5.77. The van der Waals surface area contributed by atoms with Crippen LogP contribution in [-0.4, -0.2) is 5.11 Å². The van der Waals surface area contributed by atoms with Crippen molar-refractivity contribution in [2.24, 2.45) is 0 Å². The molecule has 0 aliphatic rings. The van der Waals surface area contributed by atoms with Gasteiger partial charge in [0.25, 0.3) is 0 Å². The Bertz CT molecular complexity index is 578. The molecule has 0 spiro atoms. The van der Waals surface area contributed by atoms with Crippen LogP contribution in [0, 0.1) is 0 Å². The van der Waals surface area contributed by atoms with Crippen molar-refractivity contribution in [3.63, 3.8) is 0 Å². The first-order valence-electron chi connectivity index (χ1n) is 5.09. The van der Waals surface area contributed by atoms with Crippen LogP contribution in [0.1, 0.15) is 22.8 Å². The van der Waals surface area contributed by atoms with Gasteiger partial charge in [-0.1, -0.05) is 35.3 Å². The monoisotopic (exact) mass is 326 g/mol. The third kappa shape index (κ3) is 3.23. The maximum absolute atomic E-state index is 12.4. The summed E-state index contributed by atoms with van der Waals surface area (Å²) in [4.78, 5) is 0. The number of hydrogen-bond acceptors (Lipinski definition) is 2. The van der Waals surface area contributed by atoms with Crippen LogP contribution in [0.15, 0.2) is 30.3 Å². The fourth-order valence-corrected chi connectivity index (χ4v) is 3.09. The minimum atomic E-state index is -4.40. The summed E-state index contributed by atoms with van der Waals surface area (Å²) in [5, 5.41) is 10.1. The molecule has 2 aromatic rings. The number of aliphatic hydroxyl groups is 1. The van der Waals surface area contributed by atoms with E-state index in [-0.39, 0.29) is 0 Å². The fourth-order valence-electron chi connectivity index (χ4n) is 1.57. The highest BCUT2D eigenvalue weighted by Gasteiger charge is 2.30. The highest BCUT2D eigenvalue weighted by molar-refractivity contribution is 7.20. The lowest BCUT2D eigenvalue weighted by atomic mass is 10.0. The number of rotatable bonds is 2. The van der Waals surface area contributed by atoms with Gasteiger partial charge in [0, 0.05) is 5.56 Å². The molecule has 1 nitrogen and oxygen atoms in total. The summed E-state index contributed by atoms with van der Waals surface area (Å²) < 4.78 is 38.0. The van der Waals surface area contributed by atoms with Gasteiger partial charge in [0.05, 0.1) is 9.90 Å². The minimum absolute atomic E-state index is 0.317. The summed E-state index contributed by atoms with van der Waals surface area (Å²) in [6.07, 6.45) is -5.49. The molecule has 1 N–H and O–H groups in total. The van der Waals surface area contributed by atoms with Crippen molar-refractivity contribution in [1.29, 1.82) is 0 Å². The van der Waals surface area contributed by atoms with Crippen molar-refractivity contribution in [1.82, 2.24) is 0 Å². The van der Waals surface area contributed by atoms with E-state index in [4.69, 9.17) is 23.2 Å². The normalized spacial score (nSPS) is 13.6. The van der Waals surface area contributed by atoms with E-state index in [9.17, 15) is 18.3 Å². The highest BCUT2D eigenvalue weighted by Crippen LogP contribution is 2.38. The summed E-state index contributed by atoms with van der Waals surface area (Å²) in [5.41, 5.74) is -0.0568. The van der Waals surface area contributed by atoms with E-state index in [1.165, 1.54) is 18.2 Å². The molecule has 19 heavy (non-hydrogen) atoms. The summed E-state index contributed by atoms with van der Waals surface area (Å²) in [7, 11) is 0. The zero-order valence-electron chi connectivity index (χ0n) is 9.21. The molecule has 2 rings (SSSR count). The minimum Gasteiger partial charge on any atom is -0.384 e. The van der Waals surface area contributed by atoms with Crippen LogP contribution in [0.3, 0.4) is 0 Å². The topological polar surface area (TPSA) is 20.2 Å². The Morgan fingerprint density at radius 3 is 2.11 bits per heavy atom. The number of hydrogen-bond donors (Lipinski definition) is 1. The molecule has 0 aliphatic carbocycles. The van der Waals surface area contributed by atoms with Crippen LogP contribution in [0.25, 0.3) is 0 Å². The summed E-state index contributed by atoms with van der Waals surface area (Å²) in [5.74, 6) is 0. The van der Waals surface area contributed by atoms with Gasteiger partial charge in [-0.25, -0.2) is 0 Å². The van der Waals surface area contributed by atoms with Crippen LogP contribution in [0.2, 0.25) is 8.67 Å². The van der Waals surface area contributed by atoms with Gasteiger partial charge in [-0.3, -0.25) is 0 Å². The Morgan fingerprint density at radius 2 is 1.68 bits per heavy atom. The second-order valence-corrected chi connectivity index (χ2v) is 6.09. The number of thiophene rings is 1. The summed E-state index contributed by atoms with van der Waals surface area (Å²) in [6.45, 7) is 0. The molecule has 0 bridgehead atoms. The first-order chi connectivity index (χ1) is 8.79. The van der Waals surface area contributed by atoms with Crippen LogP contribution >= 0.6 is 34.5 Å². The molecule has 102 valence electrons. The van der Waals surface area contributed by atoms with Crippen molar-refractivity contribution in [2.45, 2.75) is 12.3 Å². The Balaban J connectivity index is 2.30. The van der Waals surface area contributed by atoms with E-state index in [0.717, 1.165) is 23.5 Å². The first kappa shape index (κ1) is 14.7. The van der Waals surface area contributed by atoms with Crippen molar-refractivity contribution >= 4 is 34.5 Å². The van der Waals surface area contributed by atoms with Gasteiger partial charge < -0.3 is 5.11 Å². The fraction of sp³-hybridized carbons (Fsp3) is 0.167. The predicted octanol–water partition coefficient (Wildman–Crippen LogP) is 5.16. The molecule has 0 saturated carbocycles. The second kappa shape index (κ2) is 5.32. The molecule has 7 heteroatoms. The average Bonchev–Trinajstić information content (AvgIpc) is 2.66. The lowest BCUT2D eigenvalue weighted by Crippen LogP contribution is -2.05. The van der Waals surface area contributed by atoms with E-state index >= 15 is 0 Å². The molecule has 1 aromatic heterocycles. The maximum atomic E-state index is 12.4. The quantitative estimate of drug-likeness (QED) is 0.808. The molecule has 0 aliphatic heterocycles. The van der Waals surface area contributed by atoms with E-state index in [1.807, 2.05) is 0 Å². The van der Waals surface area contributed by atoms with Gasteiger partial charge in [0.1, 0.15) is 10.4 Å². The van der Waals surface area contributed by atoms with Gasteiger partial charge in [0.15, 0.2) is 0 Å². The molecule has 0 radical (unpaired) electrons. The van der Waals surface area contributed by atoms with Crippen LogP contribution < -0.4 is 0 Å². The summed E-state index contributed by atoms with van der Waals surface area (Å²) >= 11 is 12.7. The lowest BCUT2D eigenvalue weighted by Gasteiger charge is -2.12. The van der Waals surface area contributed by atoms with E-state index in [2.05, 4.69) is 0 Å². The number of alkyl halides is 3. The van der Waals surface area contributed by atoms with Gasteiger partial charge in [-0.05, 0) is 23.8 Å². The van der Waals surface area contributed by atoms with Crippen molar-refractivity contribution in [3.8, 4) is 0 Å². The molecule has 1 atom stereocenters. The molecule has 1 unspecified atom stereocenters. The van der Waals surface area contributed by atoms with E-state index < -0.39 is 17.8 Å². The Morgan fingerprint density at radius 1 is 1.11 bits per heavy atom. The van der Waals surface area contributed by atoms with Crippen LogP contribution in [-0.2, 0) is 6.18 Å². The van der Waals surface area contributed by atoms with Crippen molar-refractivity contribution in [3.05, 3.63) is 55.7 Å². The smallest absolute Gasteiger partial charge is 0.384 e. The number of halogens is 5. The maximum Gasteiger partial charge on any atom is 0.416 e. The third-order valence-corrected chi connectivity index (χ3v) is 4.05. The molecule has 0 fully saturated rings. The molecular formula is C12H7Cl2F3OS. The molecular weight excluding hydrogens is 320 g/mol. The van der Waals surface area contributed by atoms with Crippen molar-refractivity contribution < 1.29 is 18.3 Å². The average molecular weight is 327 g/mol. The largest absolute Gasteiger partial charge is 0.416 e. The molecule has 0 saturated heterocycles. The van der Waals surface area contributed by atoms with Gasteiger partial charge in [0.2, 0.25) is 0 Å².